The van der Waals surface area contributed by atoms with E-state index in [0.29, 0.717) is 5.56 Å². The van der Waals surface area contributed by atoms with E-state index in [1.54, 1.807) is 51.1 Å². The largest absolute Gasteiger partial charge is 0.492 e. The number of nitrogens with one attached hydrogen (secondary N) is 1. The van der Waals surface area contributed by atoms with Gasteiger partial charge in [-0.15, -0.1) is 0 Å². The molecule has 1 aromatic rings. The smallest absolute Gasteiger partial charge is 0.311 e. The van der Waals surface area contributed by atoms with E-state index in [2.05, 4.69) is 5.32 Å². The zero-order valence-electron chi connectivity index (χ0n) is 15.4. The van der Waals surface area contributed by atoms with Crippen LogP contribution in [-0.2, 0) is 9.59 Å². The van der Waals surface area contributed by atoms with Crippen molar-refractivity contribution in [1.29, 1.82) is 0 Å². The summed E-state index contributed by atoms with van der Waals surface area (Å²) in [6, 6.07) is 2.82. The number of nitro groups is 1. The molecule has 1 amide bonds. The van der Waals surface area contributed by atoms with Crippen molar-refractivity contribution in [1.82, 2.24) is 0 Å². The van der Waals surface area contributed by atoms with Crippen LogP contribution in [-0.4, -0.2) is 28.5 Å². The number of carbonyl (C=O) groups is 2. The summed E-state index contributed by atoms with van der Waals surface area (Å²) in [5, 5.41) is 23.4. The molecule has 0 fully saturated rings. The topological polar surface area (TPSA) is 119 Å². The summed E-state index contributed by atoms with van der Waals surface area (Å²) in [6.45, 7) is 5.07. The molecule has 8 nitrogen and oxygen atoms in total. The third kappa shape index (κ3) is 4.52. The molecule has 2 unspecified atom stereocenters. The minimum atomic E-state index is -0.971. The maximum Gasteiger partial charge on any atom is 0.311 e. The van der Waals surface area contributed by atoms with Crippen molar-refractivity contribution >= 4 is 23.3 Å². The van der Waals surface area contributed by atoms with Gasteiger partial charge in [-0.25, -0.2) is 0 Å². The first kappa shape index (κ1) is 20.2. The van der Waals surface area contributed by atoms with E-state index in [-0.39, 0.29) is 36.1 Å². The Kier molecular flexibility index (Phi) is 5.99. The molecular formula is C19H22N2O6. The minimum absolute atomic E-state index is 0.0298. The standard InChI is InChI=1S/C19H22N2O6/c1-4-16(22)20-17-12(2)9-13(10-15(17)21(25)26)27-11-19(3)8-6-5-7-14(19)18(23)24/h5-10,14H,4,11H2,1-3H3,(H,20,22)(H,23,24). The number of carbonyl (C=O) groups excluding carboxylic acids is 1. The Bertz CT molecular complexity index is 830. The van der Waals surface area contributed by atoms with Gasteiger partial charge in [-0.05, 0) is 18.6 Å². The number of amides is 1. The molecule has 1 aliphatic carbocycles. The average molecular weight is 374 g/mol. The van der Waals surface area contributed by atoms with E-state index in [0.717, 1.165) is 0 Å². The van der Waals surface area contributed by atoms with Crippen molar-refractivity contribution in [3.8, 4) is 5.75 Å². The predicted molar refractivity (Wildman–Crippen MR) is 99.8 cm³/mol. The number of aryl methyl sites for hydroxylation is 1. The fraction of sp³-hybridized carbons (Fsp3) is 0.368. The van der Waals surface area contributed by atoms with E-state index in [4.69, 9.17) is 4.74 Å². The van der Waals surface area contributed by atoms with Gasteiger partial charge in [0.05, 0.1) is 23.5 Å². The van der Waals surface area contributed by atoms with Crippen LogP contribution in [0, 0.1) is 28.4 Å². The SMILES string of the molecule is CCC(=O)Nc1c(C)cc(OCC2(C)C=CC=CC2C(=O)O)cc1[N+](=O)[O-]. The number of hydrogen-bond acceptors (Lipinski definition) is 5. The maximum atomic E-state index is 11.6. The average Bonchev–Trinajstić information content (AvgIpc) is 2.61. The van der Waals surface area contributed by atoms with Crippen molar-refractivity contribution in [3.63, 3.8) is 0 Å². The second-order valence-electron chi connectivity index (χ2n) is 6.65. The molecule has 2 N–H and O–H groups in total. The number of hydrogen-bond donors (Lipinski definition) is 2. The lowest BCUT2D eigenvalue weighted by Gasteiger charge is -2.32. The van der Waals surface area contributed by atoms with Crippen LogP contribution in [0.2, 0.25) is 0 Å². The van der Waals surface area contributed by atoms with Gasteiger partial charge in [-0.2, -0.15) is 0 Å². The fourth-order valence-electron chi connectivity index (χ4n) is 2.87. The normalized spacial score (nSPS) is 20.9. The van der Waals surface area contributed by atoms with Gasteiger partial charge in [0.1, 0.15) is 11.4 Å². The lowest BCUT2D eigenvalue weighted by atomic mass is 9.75. The number of aliphatic carboxylic acids is 1. The molecule has 0 aromatic heterocycles. The monoisotopic (exact) mass is 374 g/mol. The third-order valence-electron chi connectivity index (χ3n) is 4.49. The number of ether oxygens (including phenoxy) is 1. The predicted octanol–water partition coefficient (Wildman–Crippen LogP) is 3.46. The molecule has 0 bridgehead atoms. The number of benzene rings is 1. The Morgan fingerprint density at radius 3 is 2.67 bits per heavy atom. The number of anilines is 1. The number of carboxylic acid groups (broad SMARTS) is 1. The van der Waals surface area contributed by atoms with Gasteiger partial charge >= 0.3 is 5.97 Å². The van der Waals surface area contributed by atoms with Crippen LogP contribution >= 0.6 is 0 Å². The van der Waals surface area contributed by atoms with Gasteiger partial charge in [-0.1, -0.05) is 38.2 Å². The molecule has 0 spiro atoms. The summed E-state index contributed by atoms with van der Waals surface area (Å²) in [5.41, 5.74) is -0.446. The molecule has 144 valence electrons. The van der Waals surface area contributed by atoms with Crippen LogP contribution in [0.25, 0.3) is 0 Å². The number of rotatable bonds is 7. The van der Waals surface area contributed by atoms with Crippen molar-refractivity contribution in [3.05, 3.63) is 52.1 Å². The van der Waals surface area contributed by atoms with Gasteiger partial charge in [0, 0.05) is 11.8 Å². The summed E-state index contributed by atoms with van der Waals surface area (Å²) >= 11 is 0. The molecular weight excluding hydrogens is 352 g/mol. The van der Waals surface area contributed by atoms with E-state index >= 15 is 0 Å². The number of allylic oxidation sites excluding steroid dienone is 2. The minimum Gasteiger partial charge on any atom is -0.492 e. The Hall–Kier alpha value is -3.16. The summed E-state index contributed by atoms with van der Waals surface area (Å²) in [7, 11) is 0. The van der Waals surface area contributed by atoms with E-state index in [9.17, 15) is 24.8 Å². The Labute approximate surface area is 156 Å². The van der Waals surface area contributed by atoms with Crippen LogP contribution < -0.4 is 10.1 Å². The Morgan fingerprint density at radius 1 is 1.37 bits per heavy atom. The summed E-state index contributed by atoms with van der Waals surface area (Å²) < 4.78 is 5.72. The first-order valence-corrected chi connectivity index (χ1v) is 8.48. The molecule has 2 rings (SSSR count). The summed E-state index contributed by atoms with van der Waals surface area (Å²) in [4.78, 5) is 33.9. The van der Waals surface area contributed by atoms with Crippen molar-refractivity contribution in [2.75, 3.05) is 11.9 Å². The molecule has 1 aliphatic rings. The maximum absolute atomic E-state index is 11.6. The van der Waals surface area contributed by atoms with Crippen LogP contribution in [0.5, 0.6) is 5.75 Å². The molecule has 2 atom stereocenters. The first-order chi connectivity index (χ1) is 12.7. The van der Waals surface area contributed by atoms with Gasteiger partial charge in [0.15, 0.2) is 0 Å². The van der Waals surface area contributed by atoms with Crippen LogP contribution in [0.1, 0.15) is 25.8 Å². The van der Waals surface area contributed by atoms with Gasteiger partial charge < -0.3 is 15.2 Å². The first-order valence-electron chi connectivity index (χ1n) is 8.48. The highest BCUT2D eigenvalue weighted by Crippen LogP contribution is 2.37. The molecule has 8 heteroatoms. The highest BCUT2D eigenvalue weighted by molar-refractivity contribution is 5.94. The lowest BCUT2D eigenvalue weighted by Crippen LogP contribution is -2.36. The number of carboxylic acids is 1. The van der Waals surface area contributed by atoms with Crippen molar-refractivity contribution in [2.24, 2.45) is 11.3 Å². The molecule has 0 radical (unpaired) electrons. The summed E-state index contributed by atoms with van der Waals surface area (Å²) in [6.07, 6.45) is 6.95. The van der Waals surface area contributed by atoms with Crippen LogP contribution in [0.4, 0.5) is 11.4 Å². The van der Waals surface area contributed by atoms with Crippen LogP contribution in [0.3, 0.4) is 0 Å². The second kappa shape index (κ2) is 8.03. The molecule has 0 saturated heterocycles. The van der Waals surface area contributed by atoms with Crippen molar-refractivity contribution < 1.29 is 24.4 Å². The quantitative estimate of drug-likeness (QED) is 0.557. The highest BCUT2D eigenvalue weighted by Gasteiger charge is 2.37. The molecule has 0 aliphatic heterocycles. The number of nitrogens with zero attached hydrogens (tertiary/aromatic N) is 1. The number of nitro benzene ring substituents is 1. The molecule has 0 saturated carbocycles. The van der Waals surface area contributed by atoms with Gasteiger partial charge in [0.25, 0.3) is 5.69 Å². The molecule has 1 aromatic carbocycles. The Morgan fingerprint density at radius 2 is 2.07 bits per heavy atom. The second-order valence-corrected chi connectivity index (χ2v) is 6.65. The third-order valence-corrected chi connectivity index (χ3v) is 4.49. The van der Waals surface area contributed by atoms with E-state index < -0.39 is 22.2 Å². The van der Waals surface area contributed by atoms with Gasteiger partial charge in [-0.3, -0.25) is 19.7 Å². The molecule has 27 heavy (non-hydrogen) atoms. The summed E-state index contributed by atoms with van der Waals surface area (Å²) in [5.74, 6) is -1.82. The van der Waals surface area contributed by atoms with Gasteiger partial charge in [0.2, 0.25) is 5.91 Å². The molecule has 0 heterocycles. The van der Waals surface area contributed by atoms with E-state index in [1.165, 1.54) is 6.07 Å². The zero-order chi connectivity index (χ0) is 20.2. The Balaban J connectivity index is 2.28. The zero-order valence-corrected chi connectivity index (χ0v) is 15.4. The van der Waals surface area contributed by atoms with Crippen LogP contribution in [0.15, 0.2) is 36.4 Å². The fourth-order valence-corrected chi connectivity index (χ4v) is 2.87. The lowest BCUT2D eigenvalue weighted by molar-refractivity contribution is -0.384. The highest BCUT2D eigenvalue weighted by atomic mass is 16.6. The van der Waals surface area contributed by atoms with E-state index in [1.807, 2.05) is 0 Å². The van der Waals surface area contributed by atoms with Crippen molar-refractivity contribution in [2.45, 2.75) is 27.2 Å².